The van der Waals surface area contributed by atoms with Gasteiger partial charge in [0.25, 0.3) is 0 Å². The first-order valence-corrected chi connectivity index (χ1v) is 5.72. The Labute approximate surface area is 215 Å². The molecule has 2 aromatic rings. The Bertz CT molecular complexity index is 491. The van der Waals surface area contributed by atoms with E-state index in [4.69, 9.17) is 0 Å². The third kappa shape index (κ3) is 12.0. The van der Waals surface area contributed by atoms with Crippen LogP contribution in [-0.2, 0) is 108 Å². The molecule has 0 aromatic heterocycles. The Kier molecular flexibility index (Phi) is 22.8. The number of rotatable bonds is 0. The molecule has 0 unspecified atom stereocenters. The first kappa shape index (κ1) is 31.3. The molecule has 0 aliphatic rings. The average Bonchev–Trinajstić information content (AvgIpc) is 2.30. The zero-order chi connectivity index (χ0) is 13.7. The molecule has 0 amide bonds. The minimum absolute atomic E-state index is 0. The molecule has 2 rings (SSSR count). The van der Waals surface area contributed by atoms with Crippen molar-refractivity contribution in [2.24, 2.45) is 0 Å². The molecule has 0 spiro atoms. The van der Waals surface area contributed by atoms with Crippen LogP contribution < -0.4 is 0 Å². The van der Waals surface area contributed by atoms with Crippen LogP contribution in [-0.4, -0.2) is 0 Å². The maximum atomic E-state index is 3.79. The molecule has 22 heavy (non-hydrogen) atoms. The molecule has 114 valence electrons. The first-order valence-electron chi connectivity index (χ1n) is 5.72. The van der Waals surface area contributed by atoms with Crippen LogP contribution in [0.5, 0.6) is 0 Å². The van der Waals surface area contributed by atoms with Crippen LogP contribution in [0, 0.1) is 53.7 Å². The van der Waals surface area contributed by atoms with E-state index in [1.807, 2.05) is 38.1 Å². The Morgan fingerprint density at radius 2 is 0.955 bits per heavy atom. The minimum atomic E-state index is 0. The van der Waals surface area contributed by atoms with Crippen LogP contribution in [0.4, 0.5) is 0 Å². The molecule has 0 nitrogen and oxygen atoms in total. The predicted octanol–water partition coefficient (Wildman–Crippen LogP) is 4.31. The van der Waals surface area contributed by atoms with Gasteiger partial charge in [-0.2, -0.15) is 11.1 Å². The van der Waals surface area contributed by atoms with Gasteiger partial charge >= 0.3 is 0 Å². The van der Waals surface area contributed by atoms with Crippen LogP contribution in [0.25, 0.3) is 0 Å². The van der Waals surface area contributed by atoms with Gasteiger partial charge in [-0.1, -0.05) is 13.8 Å². The van der Waals surface area contributed by atoms with Crippen molar-refractivity contribution in [1.29, 1.82) is 0 Å². The summed E-state index contributed by atoms with van der Waals surface area (Å²) in [6, 6.07) is 13.8. The smallest absolute Gasteiger partial charge is 0 e. The number of hydrogen-bond acceptors (Lipinski definition) is 0. The van der Waals surface area contributed by atoms with Crippen LogP contribution in [0.2, 0.25) is 0 Å². The summed E-state index contributed by atoms with van der Waals surface area (Å²) in [5.41, 5.74) is 6.09. The Hall–Kier alpha value is 1.50. The largest absolute Gasteiger partial charge is 0.480 e. The van der Waals surface area contributed by atoms with Crippen LogP contribution >= 0.6 is 0 Å². The SMILES string of the molecule is [CH2-]c1[c-]cc(C)cc1[CH2-].[CH2-]c1[c-]cc(C)cc1[CH2-].[W].[W].[Y].[Y]. The van der Waals surface area contributed by atoms with Gasteiger partial charge in [0.15, 0.2) is 0 Å². The molecule has 4 heteroatoms. The number of hydrogen-bond donors (Lipinski definition) is 0. The van der Waals surface area contributed by atoms with Crippen molar-refractivity contribution >= 4 is 0 Å². The number of benzene rings is 2. The molecular weight excluding hydrogens is 762 g/mol. The quantitative estimate of drug-likeness (QED) is 0.351. The van der Waals surface area contributed by atoms with E-state index in [-0.39, 0.29) is 108 Å². The van der Waals surface area contributed by atoms with Gasteiger partial charge in [0.1, 0.15) is 0 Å². The molecular formula is C18H18W2Y2-6. The molecule has 0 saturated carbocycles. The zero-order valence-electron chi connectivity index (χ0n) is 13.1. The first-order chi connectivity index (χ1) is 8.40. The topological polar surface area (TPSA) is 0 Å². The third-order valence-electron chi connectivity index (χ3n) is 2.53. The van der Waals surface area contributed by atoms with Crippen molar-refractivity contribution in [2.75, 3.05) is 0 Å². The molecule has 0 aliphatic carbocycles. The molecule has 0 heterocycles. The monoisotopic (exact) mass is 780 g/mol. The molecule has 0 fully saturated rings. The Balaban J connectivity index is -0.000000125. The predicted molar refractivity (Wildman–Crippen MR) is 77.9 cm³/mol. The zero-order valence-corrected chi connectivity index (χ0v) is 24.7. The van der Waals surface area contributed by atoms with Gasteiger partial charge in [0.2, 0.25) is 0 Å². The average molecular weight is 780 g/mol. The van der Waals surface area contributed by atoms with E-state index in [1.165, 1.54) is 11.1 Å². The minimum Gasteiger partial charge on any atom is -0.480 e. The summed E-state index contributed by atoms with van der Waals surface area (Å²) in [6.45, 7) is 19.1. The van der Waals surface area contributed by atoms with Crippen molar-refractivity contribution in [3.05, 3.63) is 97.5 Å². The third-order valence-corrected chi connectivity index (χ3v) is 2.53. The van der Waals surface area contributed by atoms with E-state index >= 15 is 0 Å². The van der Waals surface area contributed by atoms with Gasteiger partial charge in [-0.15, -0.1) is 0 Å². The van der Waals surface area contributed by atoms with Gasteiger partial charge < -0.3 is 62.1 Å². The van der Waals surface area contributed by atoms with Gasteiger partial charge in [-0.3, -0.25) is 12.1 Å². The van der Waals surface area contributed by atoms with Gasteiger partial charge in [-0.05, 0) is 0 Å². The van der Waals surface area contributed by atoms with Crippen molar-refractivity contribution in [2.45, 2.75) is 13.8 Å². The summed E-state index contributed by atoms with van der Waals surface area (Å²) in [6.07, 6.45) is 0. The van der Waals surface area contributed by atoms with Crippen molar-refractivity contribution in [3.63, 3.8) is 0 Å². The molecule has 0 aliphatic heterocycles. The van der Waals surface area contributed by atoms with E-state index in [9.17, 15) is 0 Å². The van der Waals surface area contributed by atoms with E-state index < -0.39 is 0 Å². The fourth-order valence-corrected chi connectivity index (χ4v) is 1.39. The molecule has 0 N–H and O–H groups in total. The molecule has 0 atom stereocenters. The summed E-state index contributed by atoms with van der Waals surface area (Å²) in [5, 5.41) is 0. The summed E-state index contributed by atoms with van der Waals surface area (Å²) in [5.74, 6) is 0. The van der Waals surface area contributed by atoms with Gasteiger partial charge in [0, 0.05) is 108 Å². The van der Waals surface area contributed by atoms with E-state index in [0.29, 0.717) is 0 Å². The summed E-state index contributed by atoms with van der Waals surface area (Å²) in [4.78, 5) is 0. The second-order valence-electron chi connectivity index (χ2n) is 4.36. The van der Waals surface area contributed by atoms with Crippen molar-refractivity contribution < 1.29 is 108 Å². The fraction of sp³-hybridized carbons (Fsp3) is 0.111. The maximum absolute atomic E-state index is 3.79. The second kappa shape index (κ2) is 16.0. The summed E-state index contributed by atoms with van der Waals surface area (Å²) >= 11 is 0. The van der Waals surface area contributed by atoms with Gasteiger partial charge in [-0.25, -0.2) is 12.1 Å². The van der Waals surface area contributed by atoms with Crippen LogP contribution in [0.1, 0.15) is 33.4 Å². The normalized spacial score (nSPS) is 7.73. The van der Waals surface area contributed by atoms with Crippen molar-refractivity contribution in [1.82, 2.24) is 0 Å². The Morgan fingerprint density at radius 1 is 0.682 bits per heavy atom. The number of aryl methyl sites for hydroxylation is 2. The molecule has 0 bridgehead atoms. The van der Waals surface area contributed by atoms with E-state index in [0.717, 1.165) is 22.3 Å². The molecule has 2 radical (unpaired) electrons. The standard InChI is InChI=1S/2C9H9.2W.2Y/c2*1-7-4-5-8(2)9(3)6-7;;;;/h2*4,6H,2-3H2,1H3;;;;/q2*-3;;;;. The van der Waals surface area contributed by atoms with E-state index in [1.54, 1.807) is 0 Å². The maximum Gasteiger partial charge on any atom is 0 e. The fourth-order valence-electron chi connectivity index (χ4n) is 1.39. The van der Waals surface area contributed by atoms with E-state index in [2.05, 4.69) is 39.8 Å². The van der Waals surface area contributed by atoms with Gasteiger partial charge in [0.05, 0.1) is 0 Å². The second-order valence-corrected chi connectivity index (χ2v) is 4.36. The summed E-state index contributed by atoms with van der Waals surface area (Å²) < 4.78 is 0. The van der Waals surface area contributed by atoms with Crippen LogP contribution in [0.15, 0.2) is 24.3 Å². The molecule has 0 saturated heterocycles. The van der Waals surface area contributed by atoms with Crippen LogP contribution in [0.3, 0.4) is 0 Å². The van der Waals surface area contributed by atoms with Crippen molar-refractivity contribution in [3.8, 4) is 0 Å². The molecule has 2 aromatic carbocycles. The summed E-state index contributed by atoms with van der Waals surface area (Å²) in [7, 11) is 0. The Morgan fingerprint density at radius 3 is 1.14 bits per heavy atom.